The molecular formula is C16H15N3O2S. The van der Waals surface area contributed by atoms with E-state index in [1.807, 2.05) is 37.3 Å². The van der Waals surface area contributed by atoms with Gasteiger partial charge < -0.3 is 9.88 Å². The lowest BCUT2D eigenvalue weighted by Gasteiger charge is -2.09. The second kappa shape index (κ2) is 6.11. The van der Waals surface area contributed by atoms with Crippen LogP contribution in [0, 0.1) is 6.92 Å². The molecule has 112 valence electrons. The molecule has 0 bridgehead atoms. The number of rotatable bonds is 4. The van der Waals surface area contributed by atoms with E-state index >= 15 is 0 Å². The second-order valence-electron chi connectivity index (χ2n) is 4.97. The molecule has 6 heteroatoms. The van der Waals surface area contributed by atoms with Crippen LogP contribution in [-0.2, 0) is 11.3 Å². The summed E-state index contributed by atoms with van der Waals surface area (Å²) in [6.07, 6.45) is 1.98. The standard InChI is InChI=1S/C16H15N3O2S/c1-11-10-22-16(21)19(11)9-7-15(20)18-14-6-2-5-13-12(14)4-3-8-17-13/h2-6,8,10H,7,9H2,1H3,(H,18,20). The number of benzene rings is 1. The summed E-state index contributed by atoms with van der Waals surface area (Å²) in [5.41, 5.74) is 2.47. The summed E-state index contributed by atoms with van der Waals surface area (Å²) in [6, 6.07) is 9.37. The lowest BCUT2D eigenvalue weighted by atomic mass is 10.2. The van der Waals surface area contributed by atoms with Gasteiger partial charge in [0.05, 0.1) is 11.2 Å². The fraction of sp³-hybridized carbons (Fsp3) is 0.188. The Bertz CT molecular complexity index is 877. The van der Waals surface area contributed by atoms with Gasteiger partial charge in [-0.2, -0.15) is 0 Å². The second-order valence-corrected chi connectivity index (χ2v) is 5.79. The van der Waals surface area contributed by atoms with Crippen LogP contribution in [0.2, 0.25) is 0 Å². The third-order valence-corrected chi connectivity index (χ3v) is 4.34. The zero-order chi connectivity index (χ0) is 15.5. The number of thiazole rings is 1. The Morgan fingerprint density at radius 2 is 2.18 bits per heavy atom. The van der Waals surface area contributed by atoms with E-state index in [1.165, 1.54) is 0 Å². The van der Waals surface area contributed by atoms with Crippen LogP contribution in [0.4, 0.5) is 5.69 Å². The third-order valence-electron chi connectivity index (χ3n) is 3.46. The number of hydrogen-bond acceptors (Lipinski definition) is 4. The van der Waals surface area contributed by atoms with Crippen LogP contribution in [-0.4, -0.2) is 15.5 Å². The van der Waals surface area contributed by atoms with Crippen LogP contribution in [0.3, 0.4) is 0 Å². The van der Waals surface area contributed by atoms with Gasteiger partial charge >= 0.3 is 4.87 Å². The Morgan fingerprint density at radius 1 is 1.32 bits per heavy atom. The largest absolute Gasteiger partial charge is 0.325 e. The van der Waals surface area contributed by atoms with Crippen LogP contribution >= 0.6 is 11.3 Å². The molecule has 3 rings (SSSR count). The zero-order valence-electron chi connectivity index (χ0n) is 12.1. The summed E-state index contributed by atoms with van der Waals surface area (Å²) in [5.74, 6) is -0.117. The van der Waals surface area contributed by atoms with E-state index < -0.39 is 0 Å². The maximum atomic E-state index is 12.1. The Kier molecular flexibility index (Phi) is 4.02. The molecule has 1 aromatic carbocycles. The summed E-state index contributed by atoms with van der Waals surface area (Å²) >= 11 is 1.16. The predicted octanol–water partition coefficient (Wildman–Crippen LogP) is 2.80. The molecule has 1 amide bonds. The van der Waals surface area contributed by atoms with Crippen LogP contribution in [0.25, 0.3) is 10.9 Å². The monoisotopic (exact) mass is 313 g/mol. The van der Waals surface area contributed by atoms with Gasteiger partial charge in [0.2, 0.25) is 5.91 Å². The van der Waals surface area contributed by atoms with Gasteiger partial charge in [-0.25, -0.2) is 0 Å². The van der Waals surface area contributed by atoms with Crippen molar-refractivity contribution in [3.8, 4) is 0 Å². The van der Waals surface area contributed by atoms with Crippen molar-refractivity contribution in [2.24, 2.45) is 0 Å². The predicted molar refractivity (Wildman–Crippen MR) is 88.3 cm³/mol. The number of amides is 1. The van der Waals surface area contributed by atoms with Crippen molar-refractivity contribution in [2.45, 2.75) is 19.9 Å². The first-order chi connectivity index (χ1) is 10.6. The van der Waals surface area contributed by atoms with E-state index in [-0.39, 0.29) is 17.2 Å². The highest BCUT2D eigenvalue weighted by Crippen LogP contribution is 2.21. The quantitative estimate of drug-likeness (QED) is 0.805. The Balaban J connectivity index is 1.73. The average Bonchev–Trinajstić information content (AvgIpc) is 2.84. The van der Waals surface area contributed by atoms with E-state index in [9.17, 15) is 9.59 Å². The van der Waals surface area contributed by atoms with Crippen molar-refractivity contribution in [1.29, 1.82) is 0 Å². The van der Waals surface area contributed by atoms with Crippen LogP contribution in [0.15, 0.2) is 46.7 Å². The SMILES string of the molecule is Cc1csc(=O)n1CCC(=O)Nc1cccc2ncccc12. The minimum absolute atomic E-state index is 0.0281. The highest BCUT2D eigenvalue weighted by atomic mass is 32.1. The van der Waals surface area contributed by atoms with Crippen molar-refractivity contribution < 1.29 is 4.79 Å². The summed E-state index contributed by atoms with van der Waals surface area (Å²) in [7, 11) is 0. The molecule has 0 atom stereocenters. The van der Waals surface area contributed by atoms with Gasteiger partial charge in [-0.15, -0.1) is 0 Å². The van der Waals surface area contributed by atoms with Gasteiger partial charge in [-0.05, 0) is 31.2 Å². The maximum absolute atomic E-state index is 12.1. The molecule has 1 N–H and O–H groups in total. The van der Waals surface area contributed by atoms with Crippen molar-refractivity contribution in [2.75, 3.05) is 5.32 Å². The summed E-state index contributed by atoms with van der Waals surface area (Å²) in [5, 5.41) is 5.60. The number of carbonyl (C=O) groups excluding carboxylic acids is 1. The highest BCUT2D eigenvalue weighted by Gasteiger charge is 2.08. The Hall–Kier alpha value is -2.47. The fourth-order valence-corrected chi connectivity index (χ4v) is 3.07. The number of aromatic nitrogens is 2. The molecule has 0 unspecified atom stereocenters. The molecule has 5 nitrogen and oxygen atoms in total. The smallest absolute Gasteiger partial charge is 0.307 e. The number of aryl methyl sites for hydroxylation is 1. The number of carbonyl (C=O) groups is 1. The Labute approximate surface area is 131 Å². The van der Waals surface area contributed by atoms with E-state index in [2.05, 4.69) is 10.3 Å². The molecule has 0 aliphatic rings. The van der Waals surface area contributed by atoms with E-state index in [4.69, 9.17) is 0 Å². The zero-order valence-corrected chi connectivity index (χ0v) is 12.9. The Morgan fingerprint density at radius 3 is 2.95 bits per heavy atom. The first-order valence-electron chi connectivity index (χ1n) is 6.93. The molecule has 3 aromatic rings. The van der Waals surface area contributed by atoms with Crippen LogP contribution < -0.4 is 10.2 Å². The molecule has 0 saturated heterocycles. The molecule has 0 aliphatic carbocycles. The summed E-state index contributed by atoms with van der Waals surface area (Å²) < 4.78 is 1.62. The molecule has 0 fully saturated rings. The van der Waals surface area contributed by atoms with Gasteiger partial charge in [0.25, 0.3) is 0 Å². The number of fused-ring (bicyclic) bond motifs is 1. The lowest BCUT2D eigenvalue weighted by Crippen LogP contribution is -2.20. The highest BCUT2D eigenvalue weighted by molar-refractivity contribution is 7.07. The van der Waals surface area contributed by atoms with Gasteiger partial charge in [0.15, 0.2) is 0 Å². The van der Waals surface area contributed by atoms with E-state index in [1.54, 1.807) is 16.1 Å². The lowest BCUT2D eigenvalue weighted by molar-refractivity contribution is -0.116. The van der Waals surface area contributed by atoms with Crippen molar-refractivity contribution in [1.82, 2.24) is 9.55 Å². The summed E-state index contributed by atoms with van der Waals surface area (Å²) in [4.78, 5) is 28.0. The van der Waals surface area contributed by atoms with Crippen molar-refractivity contribution in [3.05, 3.63) is 57.3 Å². The molecular weight excluding hydrogens is 298 g/mol. The third kappa shape index (κ3) is 2.92. The first kappa shape index (κ1) is 14.5. The first-order valence-corrected chi connectivity index (χ1v) is 7.81. The minimum atomic E-state index is -0.117. The fourth-order valence-electron chi connectivity index (χ4n) is 2.31. The molecule has 0 saturated carbocycles. The van der Waals surface area contributed by atoms with Crippen molar-refractivity contribution in [3.63, 3.8) is 0 Å². The average molecular weight is 313 g/mol. The van der Waals surface area contributed by atoms with E-state index in [0.717, 1.165) is 33.6 Å². The molecule has 22 heavy (non-hydrogen) atoms. The molecule has 2 aromatic heterocycles. The molecule has 0 aliphatic heterocycles. The maximum Gasteiger partial charge on any atom is 0.307 e. The summed E-state index contributed by atoms with van der Waals surface area (Å²) in [6.45, 7) is 2.26. The molecule has 0 radical (unpaired) electrons. The number of nitrogens with one attached hydrogen (secondary N) is 1. The van der Waals surface area contributed by atoms with Gasteiger partial charge in [-0.1, -0.05) is 17.4 Å². The van der Waals surface area contributed by atoms with Crippen LogP contribution in [0.1, 0.15) is 12.1 Å². The number of anilines is 1. The molecule has 0 spiro atoms. The van der Waals surface area contributed by atoms with Gasteiger partial charge in [-0.3, -0.25) is 14.6 Å². The molecule has 2 heterocycles. The van der Waals surface area contributed by atoms with Gasteiger partial charge in [0, 0.05) is 35.6 Å². The minimum Gasteiger partial charge on any atom is -0.325 e. The van der Waals surface area contributed by atoms with Crippen LogP contribution in [0.5, 0.6) is 0 Å². The number of nitrogens with zero attached hydrogens (tertiary/aromatic N) is 2. The van der Waals surface area contributed by atoms with Crippen molar-refractivity contribution >= 4 is 33.8 Å². The van der Waals surface area contributed by atoms with Gasteiger partial charge in [0.1, 0.15) is 0 Å². The topological polar surface area (TPSA) is 64.0 Å². The number of hydrogen-bond donors (Lipinski definition) is 1. The van der Waals surface area contributed by atoms with E-state index in [0.29, 0.717) is 6.54 Å². The number of pyridine rings is 1. The normalized spacial score (nSPS) is 10.8.